The van der Waals surface area contributed by atoms with Crippen molar-refractivity contribution in [2.75, 3.05) is 6.61 Å². The molecule has 2 aromatic rings. The smallest absolute Gasteiger partial charge is 0.166 e. The first-order valence-electron chi connectivity index (χ1n) is 7.09. The van der Waals surface area contributed by atoms with Crippen molar-refractivity contribution in [1.29, 1.82) is 0 Å². The third kappa shape index (κ3) is 2.86. The van der Waals surface area contributed by atoms with Crippen LogP contribution in [-0.4, -0.2) is 18.0 Å². The minimum absolute atomic E-state index is 0.0570. The first-order valence-corrected chi connectivity index (χ1v) is 7.09. The number of fused-ring (bicyclic) bond motifs is 1. The van der Waals surface area contributed by atoms with Crippen LogP contribution in [0.2, 0.25) is 0 Å². The van der Waals surface area contributed by atoms with Crippen molar-refractivity contribution in [2.45, 2.75) is 12.8 Å². The number of benzene rings is 2. The SMILES string of the molecule is O=Cc1cc(/C=C/c2ccc3c(c2)CCCO3)cc(F)c1O. The Bertz CT molecular complexity index is 750. The molecule has 0 bridgehead atoms. The summed E-state index contributed by atoms with van der Waals surface area (Å²) in [5.74, 6) is -0.497. The summed E-state index contributed by atoms with van der Waals surface area (Å²) >= 11 is 0. The van der Waals surface area contributed by atoms with Gasteiger partial charge in [-0.25, -0.2) is 4.39 Å². The number of aryl methyl sites for hydroxylation is 1. The molecule has 2 aromatic carbocycles. The minimum atomic E-state index is -0.803. The molecule has 3 nitrogen and oxygen atoms in total. The van der Waals surface area contributed by atoms with Gasteiger partial charge in [0.25, 0.3) is 0 Å². The van der Waals surface area contributed by atoms with Gasteiger partial charge in [-0.05, 0) is 53.8 Å². The highest BCUT2D eigenvalue weighted by Crippen LogP contribution is 2.27. The molecular weight excluding hydrogens is 283 g/mol. The van der Waals surface area contributed by atoms with E-state index in [0.717, 1.165) is 30.8 Å². The number of phenols is 1. The predicted octanol–water partition coefficient (Wildman–Crippen LogP) is 3.84. The molecule has 0 saturated heterocycles. The Balaban J connectivity index is 1.88. The fraction of sp³-hybridized carbons (Fsp3) is 0.167. The first-order chi connectivity index (χ1) is 10.7. The van der Waals surface area contributed by atoms with E-state index < -0.39 is 11.6 Å². The molecule has 0 spiro atoms. The molecule has 0 fully saturated rings. The fourth-order valence-corrected chi connectivity index (χ4v) is 2.50. The van der Waals surface area contributed by atoms with Crippen molar-refractivity contribution in [2.24, 2.45) is 0 Å². The van der Waals surface area contributed by atoms with Crippen LogP contribution in [0.4, 0.5) is 4.39 Å². The summed E-state index contributed by atoms with van der Waals surface area (Å²) < 4.78 is 19.1. The molecule has 0 atom stereocenters. The molecule has 0 aromatic heterocycles. The Morgan fingerprint density at radius 2 is 1.95 bits per heavy atom. The van der Waals surface area contributed by atoms with Crippen LogP contribution in [0.5, 0.6) is 11.5 Å². The lowest BCUT2D eigenvalue weighted by Gasteiger charge is -2.17. The van der Waals surface area contributed by atoms with Crippen LogP contribution in [0.3, 0.4) is 0 Å². The minimum Gasteiger partial charge on any atom is -0.504 e. The number of carbonyl (C=O) groups is 1. The van der Waals surface area contributed by atoms with Gasteiger partial charge in [-0.1, -0.05) is 18.2 Å². The van der Waals surface area contributed by atoms with E-state index in [1.54, 1.807) is 6.08 Å². The maximum Gasteiger partial charge on any atom is 0.166 e. The Morgan fingerprint density at radius 1 is 1.14 bits per heavy atom. The summed E-state index contributed by atoms with van der Waals surface area (Å²) in [7, 11) is 0. The molecular formula is C18H15FO3. The molecule has 1 aliphatic heterocycles. The molecule has 0 saturated carbocycles. The topological polar surface area (TPSA) is 46.5 Å². The van der Waals surface area contributed by atoms with E-state index >= 15 is 0 Å². The van der Waals surface area contributed by atoms with Crippen molar-refractivity contribution in [3.8, 4) is 11.5 Å². The van der Waals surface area contributed by atoms with E-state index in [9.17, 15) is 14.3 Å². The van der Waals surface area contributed by atoms with Gasteiger partial charge in [-0.2, -0.15) is 0 Å². The molecule has 0 unspecified atom stereocenters. The fourth-order valence-electron chi connectivity index (χ4n) is 2.50. The second kappa shape index (κ2) is 6.02. The van der Waals surface area contributed by atoms with Crippen LogP contribution in [0.1, 0.15) is 33.5 Å². The third-order valence-corrected chi connectivity index (χ3v) is 3.64. The summed E-state index contributed by atoms with van der Waals surface area (Å²) in [5, 5.41) is 9.40. The number of halogens is 1. The summed E-state index contributed by atoms with van der Waals surface area (Å²) in [6.45, 7) is 0.753. The summed E-state index contributed by atoms with van der Waals surface area (Å²) in [6, 6.07) is 8.55. The molecule has 0 amide bonds. The van der Waals surface area contributed by atoms with Crippen LogP contribution in [-0.2, 0) is 6.42 Å². The predicted molar refractivity (Wildman–Crippen MR) is 82.6 cm³/mol. The van der Waals surface area contributed by atoms with Gasteiger partial charge in [0, 0.05) is 0 Å². The summed E-state index contributed by atoms with van der Waals surface area (Å²) in [4.78, 5) is 10.8. The number of carbonyl (C=O) groups excluding carboxylic acids is 1. The zero-order valence-corrected chi connectivity index (χ0v) is 11.9. The van der Waals surface area contributed by atoms with Gasteiger partial charge in [0.15, 0.2) is 17.9 Å². The van der Waals surface area contributed by atoms with Crippen molar-refractivity contribution in [3.05, 3.63) is 58.4 Å². The molecule has 1 aliphatic rings. The van der Waals surface area contributed by atoms with Crippen LogP contribution >= 0.6 is 0 Å². The maximum absolute atomic E-state index is 13.5. The van der Waals surface area contributed by atoms with Gasteiger partial charge < -0.3 is 9.84 Å². The third-order valence-electron chi connectivity index (χ3n) is 3.64. The molecule has 22 heavy (non-hydrogen) atoms. The average Bonchev–Trinajstić information content (AvgIpc) is 2.55. The molecule has 0 aliphatic carbocycles. The summed E-state index contributed by atoms with van der Waals surface area (Å²) in [5.41, 5.74) is 2.61. The Hall–Kier alpha value is -2.62. The second-order valence-electron chi connectivity index (χ2n) is 5.21. The largest absolute Gasteiger partial charge is 0.504 e. The van der Waals surface area contributed by atoms with Crippen LogP contribution in [0.15, 0.2) is 30.3 Å². The van der Waals surface area contributed by atoms with E-state index in [4.69, 9.17) is 4.74 Å². The maximum atomic E-state index is 13.5. The number of phenolic OH excluding ortho intramolecular Hbond substituents is 1. The van der Waals surface area contributed by atoms with Gasteiger partial charge in [-0.15, -0.1) is 0 Å². The Kier molecular flexibility index (Phi) is 3.92. The lowest BCUT2D eigenvalue weighted by Crippen LogP contribution is -2.07. The number of hydrogen-bond donors (Lipinski definition) is 1. The number of ether oxygens (including phenoxy) is 1. The zero-order chi connectivity index (χ0) is 15.5. The van der Waals surface area contributed by atoms with Crippen LogP contribution < -0.4 is 4.74 Å². The van der Waals surface area contributed by atoms with E-state index in [2.05, 4.69) is 0 Å². The van der Waals surface area contributed by atoms with E-state index in [1.165, 1.54) is 17.7 Å². The number of aldehydes is 1. The van der Waals surface area contributed by atoms with E-state index in [-0.39, 0.29) is 5.56 Å². The van der Waals surface area contributed by atoms with E-state index in [1.807, 2.05) is 24.3 Å². The van der Waals surface area contributed by atoms with Crippen molar-refractivity contribution < 1.29 is 19.0 Å². The lowest BCUT2D eigenvalue weighted by molar-refractivity contribution is 0.112. The normalized spacial score (nSPS) is 13.7. The Labute approximate surface area is 127 Å². The van der Waals surface area contributed by atoms with Crippen molar-refractivity contribution in [1.82, 2.24) is 0 Å². The van der Waals surface area contributed by atoms with Gasteiger partial charge in [0.2, 0.25) is 0 Å². The quantitative estimate of drug-likeness (QED) is 0.692. The number of rotatable bonds is 3. The average molecular weight is 298 g/mol. The number of hydrogen-bond acceptors (Lipinski definition) is 3. The van der Waals surface area contributed by atoms with Gasteiger partial charge >= 0.3 is 0 Å². The zero-order valence-electron chi connectivity index (χ0n) is 11.9. The second-order valence-corrected chi connectivity index (χ2v) is 5.21. The van der Waals surface area contributed by atoms with Gasteiger partial charge in [0.1, 0.15) is 5.75 Å². The number of aromatic hydroxyl groups is 1. The molecule has 1 N–H and O–H groups in total. The molecule has 112 valence electrons. The molecule has 4 heteroatoms. The molecule has 0 radical (unpaired) electrons. The van der Waals surface area contributed by atoms with Crippen molar-refractivity contribution in [3.63, 3.8) is 0 Å². The van der Waals surface area contributed by atoms with Crippen LogP contribution in [0.25, 0.3) is 12.2 Å². The van der Waals surface area contributed by atoms with E-state index in [0.29, 0.717) is 11.8 Å². The highest BCUT2D eigenvalue weighted by molar-refractivity contribution is 5.82. The van der Waals surface area contributed by atoms with Gasteiger partial charge in [0.05, 0.1) is 12.2 Å². The highest BCUT2D eigenvalue weighted by atomic mass is 19.1. The van der Waals surface area contributed by atoms with Gasteiger partial charge in [-0.3, -0.25) is 4.79 Å². The molecule has 3 rings (SSSR count). The standard InChI is InChI=1S/C18H15FO3/c19-16-10-13(9-15(11-20)18(16)21)4-3-12-5-6-17-14(8-12)2-1-7-22-17/h3-6,8-11,21H,1-2,7H2/b4-3+. The molecule has 1 heterocycles. The Morgan fingerprint density at radius 3 is 2.77 bits per heavy atom. The van der Waals surface area contributed by atoms with Crippen LogP contribution in [0, 0.1) is 5.82 Å². The first kappa shape index (κ1) is 14.3. The summed E-state index contributed by atoms with van der Waals surface area (Å²) in [6.07, 6.45) is 5.98. The monoisotopic (exact) mass is 298 g/mol. The van der Waals surface area contributed by atoms with Crippen molar-refractivity contribution >= 4 is 18.4 Å². The highest BCUT2D eigenvalue weighted by Gasteiger charge is 2.10. The lowest BCUT2D eigenvalue weighted by atomic mass is 10.0.